The summed E-state index contributed by atoms with van der Waals surface area (Å²) < 4.78 is 0. The van der Waals surface area contributed by atoms with Crippen molar-refractivity contribution < 1.29 is 0 Å². The Balaban J connectivity index is 1.97. The van der Waals surface area contributed by atoms with Crippen molar-refractivity contribution in [3.05, 3.63) is 0 Å². The van der Waals surface area contributed by atoms with Gasteiger partial charge in [-0.1, -0.05) is 40.5 Å². The molecule has 1 saturated carbocycles. The van der Waals surface area contributed by atoms with Crippen LogP contribution in [0.3, 0.4) is 0 Å². The van der Waals surface area contributed by atoms with Crippen LogP contribution in [0.5, 0.6) is 0 Å². The molecular formula is C19H38N2. The summed E-state index contributed by atoms with van der Waals surface area (Å²) in [7, 11) is 0. The number of rotatable bonds is 6. The molecule has 1 aliphatic heterocycles. The molecule has 0 aromatic carbocycles. The largest absolute Gasteiger partial charge is 0.316 e. The van der Waals surface area contributed by atoms with Crippen LogP contribution >= 0.6 is 0 Å². The normalized spacial score (nSPS) is 38.6. The maximum absolute atomic E-state index is 3.75. The average molecular weight is 295 g/mol. The van der Waals surface area contributed by atoms with Gasteiger partial charge in [-0.2, -0.15) is 0 Å². The molecule has 2 aliphatic rings. The molecule has 2 rings (SSSR count). The van der Waals surface area contributed by atoms with E-state index in [4.69, 9.17) is 0 Å². The van der Waals surface area contributed by atoms with E-state index in [1.54, 1.807) is 0 Å². The van der Waals surface area contributed by atoms with E-state index in [0.29, 0.717) is 5.41 Å². The molecule has 1 saturated heterocycles. The monoisotopic (exact) mass is 294 g/mol. The maximum Gasteiger partial charge on any atom is 0.00505 e. The van der Waals surface area contributed by atoms with Crippen LogP contribution in [0.2, 0.25) is 0 Å². The molecular weight excluding hydrogens is 256 g/mol. The average Bonchev–Trinajstić information content (AvgIpc) is 2.37. The van der Waals surface area contributed by atoms with Crippen molar-refractivity contribution in [1.82, 2.24) is 10.2 Å². The van der Waals surface area contributed by atoms with Crippen LogP contribution in [0.25, 0.3) is 0 Å². The van der Waals surface area contributed by atoms with Crippen molar-refractivity contribution in [2.45, 2.75) is 66.2 Å². The van der Waals surface area contributed by atoms with Crippen LogP contribution in [0.4, 0.5) is 0 Å². The summed E-state index contributed by atoms with van der Waals surface area (Å²) >= 11 is 0. The van der Waals surface area contributed by atoms with Gasteiger partial charge >= 0.3 is 0 Å². The number of piperidine rings is 1. The summed E-state index contributed by atoms with van der Waals surface area (Å²) in [6.07, 6.45) is 8.43. The van der Waals surface area contributed by atoms with Gasteiger partial charge in [-0.05, 0) is 55.4 Å². The second kappa shape index (κ2) is 7.97. The van der Waals surface area contributed by atoms with Crippen molar-refractivity contribution in [3.63, 3.8) is 0 Å². The Hall–Kier alpha value is -0.0800. The molecule has 1 aliphatic carbocycles. The van der Waals surface area contributed by atoms with Gasteiger partial charge in [-0.15, -0.1) is 0 Å². The number of hydrogen-bond donors (Lipinski definition) is 1. The highest BCUT2D eigenvalue weighted by Crippen LogP contribution is 2.40. The zero-order valence-electron chi connectivity index (χ0n) is 15.0. The number of hydrogen-bond acceptors (Lipinski definition) is 2. The highest BCUT2D eigenvalue weighted by Gasteiger charge is 2.37. The van der Waals surface area contributed by atoms with Crippen molar-refractivity contribution in [2.75, 3.05) is 32.7 Å². The Morgan fingerprint density at radius 3 is 2.43 bits per heavy atom. The first-order valence-corrected chi connectivity index (χ1v) is 9.46. The van der Waals surface area contributed by atoms with Crippen LogP contribution in [0.15, 0.2) is 0 Å². The minimum Gasteiger partial charge on any atom is -0.316 e. The first-order valence-electron chi connectivity index (χ1n) is 9.46. The summed E-state index contributed by atoms with van der Waals surface area (Å²) in [6.45, 7) is 16.0. The molecule has 4 atom stereocenters. The highest BCUT2D eigenvalue weighted by atomic mass is 15.1. The summed E-state index contributed by atoms with van der Waals surface area (Å²) in [5.74, 6) is 2.69. The second-order valence-corrected chi connectivity index (χ2v) is 8.52. The lowest BCUT2D eigenvalue weighted by Gasteiger charge is -2.46. The van der Waals surface area contributed by atoms with Crippen LogP contribution in [-0.2, 0) is 0 Å². The molecule has 0 aromatic heterocycles. The van der Waals surface area contributed by atoms with Crippen LogP contribution in [-0.4, -0.2) is 37.6 Å². The van der Waals surface area contributed by atoms with E-state index in [0.717, 1.165) is 17.8 Å². The Morgan fingerprint density at radius 2 is 1.81 bits per heavy atom. The molecule has 0 bridgehead atoms. The van der Waals surface area contributed by atoms with Gasteiger partial charge in [0.05, 0.1) is 0 Å². The minimum absolute atomic E-state index is 0.545. The van der Waals surface area contributed by atoms with Gasteiger partial charge in [0.2, 0.25) is 0 Å². The van der Waals surface area contributed by atoms with E-state index in [2.05, 4.69) is 37.9 Å². The Labute approximate surface area is 133 Å². The van der Waals surface area contributed by atoms with Gasteiger partial charge in [-0.25, -0.2) is 0 Å². The number of nitrogens with zero attached hydrogens (tertiary/aromatic N) is 1. The summed E-state index contributed by atoms with van der Waals surface area (Å²) in [5, 5.41) is 3.75. The lowest BCUT2D eigenvalue weighted by atomic mass is 9.69. The molecule has 124 valence electrons. The molecule has 1 N–H and O–H groups in total. The van der Waals surface area contributed by atoms with Gasteiger partial charge in [0.15, 0.2) is 0 Å². The van der Waals surface area contributed by atoms with Gasteiger partial charge in [0.1, 0.15) is 0 Å². The smallest absolute Gasteiger partial charge is 0.00505 e. The molecule has 2 nitrogen and oxygen atoms in total. The van der Waals surface area contributed by atoms with Crippen molar-refractivity contribution in [1.29, 1.82) is 0 Å². The van der Waals surface area contributed by atoms with Gasteiger partial charge in [-0.3, -0.25) is 0 Å². The topological polar surface area (TPSA) is 15.3 Å². The Bertz CT molecular complexity index is 294. The predicted molar refractivity (Wildman–Crippen MR) is 92.6 cm³/mol. The SMILES string of the molecule is CCCNCC1(CN2CC(C)CC(C)C2)CCCC(C)C1. The summed E-state index contributed by atoms with van der Waals surface area (Å²) in [4.78, 5) is 2.80. The first-order chi connectivity index (χ1) is 10.0. The molecule has 2 fully saturated rings. The van der Waals surface area contributed by atoms with Crippen LogP contribution < -0.4 is 5.32 Å². The van der Waals surface area contributed by atoms with Crippen molar-refractivity contribution >= 4 is 0 Å². The number of likely N-dealkylation sites (tertiary alicyclic amines) is 1. The maximum atomic E-state index is 3.75. The predicted octanol–water partition coefficient (Wildman–Crippen LogP) is 4.16. The zero-order chi connectivity index (χ0) is 15.3. The fraction of sp³-hybridized carbons (Fsp3) is 1.00. The van der Waals surface area contributed by atoms with Gasteiger partial charge < -0.3 is 10.2 Å². The standard InChI is InChI=1S/C19H38N2/c1-5-9-20-14-19(8-6-7-16(2)11-19)15-21-12-17(3)10-18(4)13-21/h16-18,20H,5-15H2,1-4H3. The molecule has 0 radical (unpaired) electrons. The third kappa shape index (κ3) is 5.25. The third-order valence-corrected chi connectivity index (χ3v) is 5.62. The van der Waals surface area contributed by atoms with E-state index in [9.17, 15) is 0 Å². The summed E-state index contributed by atoms with van der Waals surface area (Å²) in [5.41, 5.74) is 0.545. The fourth-order valence-corrected chi connectivity index (χ4v) is 5.05. The van der Waals surface area contributed by atoms with Crippen molar-refractivity contribution in [2.24, 2.45) is 23.2 Å². The fourth-order valence-electron chi connectivity index (χ4n) is 5.05. The van der Waals surface area contributed by atoms with E-state index in [1.165, 1.54) is 71.2 Å². The molecule has 2 heteroatoms. The third-order valence-electron chi connectivity index (χ3n) is 5.62. The van der Waals surface area contributed by atoms with Crippen LogP contribution in [0.1, 0.15) is 66.2 Å². The van der Waals surface area contributed by atoms with E-state index in [-0.39, 0.29) is 0 Å². The molecule has 21 heavy (non-hydrogen) atoms. The van der Waals surface area contributed by atoms with E-state index >= 15 is 0 Å². The molecule has 1 heterocycles. The van der Waals surface area contributed by atoms with E-state index in [1.807, 2.05) is 0 Å². The first kappa shape index (κ1) is 17.3. The molecule has 4 unspecified atom stereocenters. The molecule has 0 aromatic rings. The molecule has 0 spiro atoms. The second-order valence-electron chi connectivity index (χ2n) is 8.52. The van der Waals surface area contributed by atoms with E-state index < -0.39 is 0 Å². The minimum atomic E-state index is 0.545. The lowest BCUT2D eigenvalue weighted by molar-refractivity contribution is 0.0453. The Kier molecular flexibility index (Phi) is 6.55. The quantitative estimate of drug-likeness (QED) is 0.740. The summed E-state index contributed by atoms with van der Waals surface area (Å²) in [6, 6.07) is 0. The van der Waals surface area contributed by atoms with Gasteiger partial charge in [0, 0.05) is 26.2 Å². The lowest BCUT2D eigenvalue weighted by Crippen LogP contribution is -2.50. The van der Waals surface area contributed by atoms with Crippen molar-refractivity contribution in [3.8, 4) is 0 Å². The Morgan fingerprint density at radius 1 is 1.10 bits per heavy atom. The van der Waals surface area contributed by atoms with Gasteiger partial charge in [0.25, 0.3) is 0 Å². The molecule has 0 amide bonds. The zero-order valence-corrected chi connectivity index (χ0v) is 15.0. The highest BCUT2D eigenvalue weighted by molar-refractivity contribution is 4.91. The number of nitrogens with one attached hydrogen (secondary N) is 1. The van der Waals surface area contributed by atoms with Crippen LogP contribution in [0, 0.1) is 23.2 Å².